The molecule has 0 atom stereocenters. The highest BCUT2D eigenvalue weighted by molar-refractivity contribution is 8.27. The molecule has 1 fully saturated rings. The van der Waals surface area contributed by atoms with Crippen LogP contribution >= 0.6 is 47.2 Å². The van der Waals surface area contributed by atoms with Crippen LogP contribution in [-0.2, 0) is 9.59 Å². The van der Waals surface area contributed by atoms with Crippen LogP contribution < -0.4 is 19.7 Å². The molecule has 0 unspecified atom stereocenters. The van der Waals surface area contributed by atoms with Crippen LogP contribution in [0.2, 0.25) is 10.0 Å². The molecule has 1 aliphatic heterocycles. The lowest BCUT2D eigenvalue weighted by molar-refractivity contribution is -0.118. The summed E-state index contributed by atoms with van der Waals surface area (Å²) in [5.41, 5.74) is 1.64. The van der Waals surface area contributed by atoms with Crippen molar-refractivity contribution in [2.45, 2.75) is 0 Å². The van der Waals surface area contributed by atoms with Crippen molar-refractivity contribution in [3.8, 4) is 11.5 Å². The minimum absolute atomic E-state index is 0.272. The molecule has 1 saturated heterocycles. The maximum atomic E-state index is 13.3. The van der Waals surface area contributed by atoms with Gasteiger partial charge in [0.2, 0.25) is 0 Å². The van der Waals surface area contributed by atoms with Gasteiger partial charge in [-0.2, -0.15) is 0 Å². The Balaban J connectivity index is 1.44. The van der Waals surface area contributed by atoms with Gasteiger partial charge in [0.25, 0.3) is 11.8 Å². The average Bonchev–Trinajstić information content (AvgIpc) is 3.13. The Bertz CT molecular complexity index is 1380. The van der Waals surface area contributed by atoms with E-state index >= 15 is 0 Å². The summed E-state index contributed by atoms with van der Waals surface area (Å²) in [5.74, 6) is -0.391. The Hall–Kier alpha value is -3.11. The minimum Gasteiger partial charge on any atom is -0.493 e. The van der Waals surface area contributed by atoms with E-state index in [-0.39, 0.29) is 12.5 Å². The third-order valence-corrected chi connectivity index (χ3v) is 6.97. The van der Waals surface area contributed by atoms with Crippen molar-refractivity contribution in [3.05, 3.63) is 87.0 Å². The molecule has 0 spiro atoms. The van der Waals surface area contributed by atoms with Gasteiger partial charge in [0.1, 0.15) is 5.82 Å². The summed E-state index contributed by atoms with van der Waals surface area (Å²) in [6, 6.07) is 15.3. The molecule has 1 aliphatic rings. The lowest BCUT2D eigenvalue weighted by Crippen LogP contribution is -2.27. The number of carbonyl (C=O) groups excluding carboxylic acids is 2. The lowest BCUT2D eigenvalue weighted by atomic mass is 10.2. The molecule has 2 amide bonds. The number of rotatable bonds is 7. The summed E-state index contributed by atoms with van der Waals surface area (Å²) in [6.07, 6.45) is 1.67. The molecule has 1 heterocycles. The maximum Gasteiger partial charge on any atom is 0.270 e. The van der Waals surface area contributed by atoms with Gasteiger partial charge in [0, 0.05) is 5.69 Å². The third-order valence-electron chi connectivity index (χ3n) is 4.93. The number of carbonyl (C=O) groups is 2. The fourth-order valence-electron chi connectivity index (χ4n) is 3.24. The molecule has 11 heteroatoms. The topological polar surface area (TPSA) is 67.9 Å². The third kappa shape index (κ3) is 5.99. The number of nitrogens with one attached hydrogen (secondary N) is 1. The van der Waals surface area contributed by atoms with Crippen molar-refractivity contribution in [2.75, 3.05) is 23.9 Å². The van der Waals surface area contributed by atoms with E-state index in [1.807, 2.05) is 0 Å². The molecule has 4 rings (SSSR count). The molecule has 1 N–H and O–H groups in total. The summed E-state index contributed by atoms with van der Waals surface area (Å²) in [7, 11) is 1.47. The number of benzene rings is 3. The van der Waals surface area contributed by atoms with Crippen molar-refractivity contribution in [1.29, 1.82) is 0 Å². The van der Waals surface area contributed by atoms with E-state index in [4.69, 9.17) is 44.9 Å². The van der Waals surface area contributed by atoms with Crippen molar-refractivity contribution >= 4 is 80.8 Å². The van der Waals surface area contributed by atoms with Crippen LogP contribution in [-0.4, -0.2) is 29.9 Å². The number of hydrogen-bond donors (Lipinski definition) is 1. The fourth-order valence-corrected chi connectivity index (χ4v) is 4.84. The molecule has 3 aromatic carbocycles. The number of nitrogens with zero attached hydrogens (tertiary/aromatic N) is 1. The Labute approximate surface area is 226 Å². The second-order valence-corrected chi connectivity index (χ2v) is 9.86. The van der Waals surface area contributed by atoms with Crippen molar-refractivity contribution in [1.82, 2.24) is 0 Å². The molecule has 0 radical (unpaired) electrons. The van der Waals surface area contributed by atoms with E-state index in [2.05, 4.69) is 5.32 Å². The molecule has 6 nitrogen and oxygen atoms in total. The van der Waals surface area contributed by atoms with Crippen LogP contribution in [0.4, 0.5) is 15.8 Å². The maximum absolute atomic E-state index is 13.3. The van der Waals surface area contributed by atoms with Gasteiger partial charge in [-0.1, -0.05) is 53.2 Å². The Kier molecular flexibility index (Phi) is 8.15. The van der Waals surface area contributed by atoms with E-state index in [9.17, 15) is 14.0 Å². The molecule has 0 aromatic heterocycles. The molecule has 0 saturated carbocycles. The highest BCUT2D eigenvalue weighted by atomic mass is 35.5. The second-order valence-electron chi connectivity index (χ2n) is 7.37. The zero-order valence-corrected chi connectivity index (χ0v) is 21.7. The highest BCUT2D eigenvalue weighted by Crippen LogP contribution is 2.37. The number of thiocarbonyl (C=S) groups is 1. The van der Waals surface area contributed by atoms with Crippen molar-refractivity contribution < 1.29 is 23.5 Å². The summed E-state index contributed by atoms with van der Waals surface area (Å²) in [4.78, 5) is 27.0. The Morgan fingerprint density at radius 3 is 2.53 bits per heavy atom. The largest absolute Gasteiger partial charge is 0.493 e. The van der Waals surface area contributed by atoms with Crippen LogP contribution in [0.5, 0.6) is 11.5 Å². The quantitative estimate of drug-likeness (QED) is 0.259. The van der Waals surface area contributed by atoms with Gasteiger partial charge in [0.05, 0.1) is 27.7 Å². The van der Waals surface area contributed by atoms with Gasteiger partial charge < -0.3 is 14.8 Å². The SMILES string of the molecule is COc1cc(/C=C2\SC(=S)N(c3ccc(F)cc3)C2=O)ccc1OCC(=O)Nc1ccc(Cl)c(Cl)c1. The summed E-state index contributed by atoms with van der Waals surface area (Å²) < 4.78 is 24.6. The van der Waals surface area contributed by atoms with Crippen LogP contribution in [0.3, 0.4) is 0 Å². The van der Waals surface area contributed by atoms with E-state index < -0.39 is 11.7 Å². The molecular weight excluding hydrogens is 546 g/mol. The zero-order chi connectivity index (χ0) is 25.8. The number of ether oxygens (including phenoxy) is 2. The first kappa shape index (κ1) is 26.0. The minimum atomic E-state index is -0.402. The van der Waals surface area contributed by atoms with Gasteiger partial charge in [-0.05, 0) is 66.2 Å². The van der Waals surface area contributed by atoms with E-state index in [0.717, 1.165) is 11.8 Å². The first-order valence-electron chi connectivity index (χ1n) is 10.3. The molecule has 184 valence electrons. The number of halogens is 3. The zero-order valence-electron chi connectivity index (χ0n) is 18.6. The molecular formula is C25H17Cl2FN2O4S2. The van der Waals surface area contributed by atoms with Gasteiger partial charge in [-0.15, -0.1) is 0 Å². The summed E-state index contributed by atoms with van der Waals surface area (Å²) >= 11 is 18.3. The van der Waals surface area contributed by atoms with Gasteiger partial charge >= 0.3 is 0 Å². The predicted octanol–water partition coefficient (Wildman–Crippen LogP) is 6.56. The smallest absolute Gasteiger partial charge is 0.270 e. The molecule has 0 bridgehead atoms. The van der Waals surface area contributed by atoms with Crippen LogP contribution in [0.25, 0.3) is 6.08 Å². The van der Waals surface area contributed by atoms with E-state index in [1.54, 1.807) is 36.4 Å². The predicted molar refractivity (Wildman–Crippen MR) is 146 cm³/mol. The monoisotopic (exact) mass is 562 g/mol. The van der Waals surface area contributed by atoms with Crippen LogP contribution in [0, 0.1) is 5.82 Å². The number of thioether (sulfide) groups is 1. The molecule has 0 aliphatic carbocycles. The number of hydrogen-bond acceptors (Lipinski definition) is 6. The van der Waals surface area contributed by atoms with E-state index in [1.165, 1.54) is 42.3 Å². The van der Waals surface area contributed by atoms with Crippen molar-refractivity contribution in [3.63, 3.8) is 0 Å². The fraction of sp³-hybridized carbons (Fsp3) is 0.0800. The first-order valence-corrected chi connectivity index (χ1v) is 12.3. The van der Waals surface area contributed by atoms with Crippen molar-refractivity contribution in [2.24, 2.45) is 0 Å². The molecule has 36 heavy (non-hydrogen) atoms. The van der Waals surface area contributed by atoms with Crippen LogP contribution in [0.15, 0.2) is 65.6 Å². The first-order chi connectivity index (χ1) is 17.2. The van der Waals surface area contributed by atoms with Crippen LogP contribution in [0.1, 0.15) is 5.56 Å². The standard InChI is InChI=1S/C25H17Cl2FN2O4S2/c1-33-21-10-14(11-22-24(32)30(25(35)36-22)17-6-3-15(28)4-7-17)2-9-20(21)34-13-23(31)29-16-5-8-18(26)19(27)12-16/h2-12H,13H2,1H3,(H,29,31)/b22-11-. The lowest BCUT2D eigenvalue weighted by Gasteiger charge is -2.14. The Morgan fingerprint density at radius 1 is 1.08 bits per heavy atom. The normalized spacial score (nSPS) is 14.3. The number of amides is 2. The highest BCUT2D eigenvalue weighted by Gasteiger charge is 2.33. The number of anilines is 2. The second kappa shape index (κ2) is 11.3. The average molecular weight is 563 g/mol. The van der Waals surface area contributed by atoms with E-state index in [0.29, 0.717) is 47.7 Å². The summed E-state index contributed by atoms with van der Waals surface area (Å²) in [5, 5.41) is 3.38. The van der Waals surface area contributed by atoms with Gasteiger partial charge in [0.15, 0.2) is 22.4 Å². The number of methoxy groups -OCH3 is 1. The summed E-state index contributed by atoms with van der Waals surface area (Å²) in [6.45, 7) is -0.272. The Morgan fingerprint density at radius 2 is 1.83 bits per heavy atom. The molecule has 3 aromatic rings. The van der Waals surface area contributed by atoms with Gasteiger partial charge in [-0.3, -0.25) is 14.5 Å². The van der Waals surface area contributed by atoms with Gasteiger partial charge in [-0.25, -0.2) is 4.39 Å².